The first-order valence-electron chi connectivity index (χ1n) is 9.61. The Hall–Kier alpha value is -3.61. The quantitative estimate of drug-likeness (QED) is 0.572. The third kappa shape index (κ3) is 4.86. The van der Waals surface area contributed by atoms with Gasteiger partial charge >= 0.3 is 5.97 Å². The zero-order valence-electron chi connectivity index (χ0n) is 17.1. The summed E-state index contributed by atoms with van der Waals surface area (Å²) in [7, 11) is 1.53. The molecular formula is C23H24N2O5. The van der Waals surface area contributed by atoms with Crippen LogP contribution in [0.2, 0.25) is 0 Å². The maximum absolute atomic E-state index is 13.1. The van der Waals surface area contributed by atoms with E-state index in [2.05, 4.69) is 10.3 Å². The summed E-state index contributed by atoms with van der Waals surface area (Å²) in [5.41, 5.74) is 1.54. The highest BCUT2D eigenvalue weighted by Crippen LogP contribution is 2.28. The first-order chi connectivity index (χ1) is 14.4. The van der Waals surface area contributed by atoms with Crippen molar-refractivity contribution in [1.82, 2.24) is 10.3 Å². The number of methoxy groups -OCH3 is 1. The van der Waals surface area contributed by atoms with Crippen molar-refractivity contribution in [2.75, 3.05) is 7.11 Å². The van der Waals surface area contributed by atoms with Crippen molar-refractivity contribution in [2.24, 2.45) is 0 Å². The van der Waals surface area contributed by atoms with Crippen LogP contribution in [0.15, 0.2) is 59.0 Å². The van der Waals surface area contributed by atoms with E-state index in [1.165, 1.54) is 7.11 Å². The fourth-order valence-corrected chi connectivity index (χ4v) is 3.10. The summed E-state index contributed by atoms with van der Waals surface area (Å²) in [6, 6.07) is 15.5. The van der Waals surface area contributed by atoms with Gasteiger partial charge in [-0.2, -0.15) is 0 Å². The molecule has 0 fully saturated rings. The summed E-state index contributed by atoms with van der Waals surface area (Å²) in [5, 5.41) is 12.1. The van der Waals surface area contributed by atoms with Gasteiger partial charge in [0, 0.05) is 11.5 Å². The molecule has 2 N–H and O–H groups in total. The van der Waals surface area contributed by atoms with Crippen LogP contribution in [0.3, 0.4) is 0 Å². The molecule has 0 radical (unpaired) electrons. The summed E-state index contributed by atoms with van der Waals surface area (Å²) < 4.78 is 11.1. The number of carbonyl (C=O) groups excluding carboxylic acids is 1. The minimum atomic E-state index is -1.03. The van der Waals surface area contributed by atoms with Crippen molar-refractivity contribution in [1.29, 1.82) is 0 Å². The molecule has 0 aliphatic carbocycles. The number of amides is 1. The van der Waals surface area contributed by atoms with E-state index < -0.39 is 17.9 Å². The van der Waals surface area contributed by atoms with E-state index in [4.69, 9.17) is 9.15 Å². The average molecular weight is 408 g/mol. The largest absolute Gasteiger partial charge is 0.497 e. The highest BCUT2D eigenvalue weighted by molar-refractivity contribution is 5.94. The third-order valence-electron chi connectivity index (χ3n) is 4.59. The van der Waals surface area contributed by atoms with Crippen LogP contribution in [-0.2, 0) is 4.79 Å². The van der Waals surface area contributed by atoms with Gasteiger partial charge in [-0.3, -0.25) is 9.59 Å². The lowest BCUT2D eigenvalue weighted by molar-refractivity contribution is -0.137. The second kappa shape index (κ2) is 9.26. The van der Waals surface area contributed by atoms with E-state index in [1.807, 2.05) is 44.2 Å². The smallest absolute Gasteiger partial charge is 0.305 e. The molecule has 0 saturated carbocycles. The van der Waals surface area contributed by atoms with E-state index >= 15 is 0 Å². The molecule has 3 aromatic rings. The highest BCUT2D eigenvalue weighted by atomic mass is 16.5. The monoisotopic (exact) mass is 408 g/mol. The predicted octanol–water partition coefficient (Wildman–Crippen LogP) is 4.42. The van der Waals surface area contributed by atoms with Crippen LogP contribution in [-0.4, -0.2) is 29.1 Å². The topological polar surface area (TPSA) is 102 Å². The van der Waals surface area contributed by atoms with Crippen LogP contribution in [0, 0.1) is 0 Å². The van der Waals surface area contributed by atoms with E-state index in [1.54, 1.807) is 24.3 Å². The zero-order chi connectivity index (χ0) is 21.7. The summed E-state index contributed by atoms with van der Waals surface area (Å²) in [6.07, 6.45) is -0.278. The molecule has 0 bridgehead atoms. The number of carbonyl (C=O) groups is 2. The number of aromatic nitrogens is 1. The molecule has 156 valence electrons. The van der Waals surface area contributed by atoms with Crippen molar-refractivity contribution in [3.63, 3.8) is 0 Å². The van der Waals surface area contributed by atoms with Crippen molar-refractivity contribution >= 4 is 11.9 Å². The number of rotatable bonds is 8. The van der Waals surface area contributed by atoms with Gasteiger partial charge in [0.15, 0.2) is 5.69 Å². The highest BCUT2D eigenvalue weighted by Gasteiger charge is 2.26. The van der Waals surface area contributed by atoms with Gasteiger partial charge in [-0.05, 0) is 29.8 Å². The maximum Gasteiger partial charge on any atom is 0.305 e. The van der Waals surface area contributed by atoms with Gasteiger partial charge in [0.2, 0.25) is 5.89 Å². The molecule has 2 aromatic carbocycles. The number of carboxylic acids is 1. The molecule has 0 spiro atoms. The number of nitrogens with zero attached hydrogens (tertiary/aromatic N) is 1. The number of aliphatic carboxylic acids is 1. The fourth-order valence-electron chi connectivity index (χ4n) is 3.10. The van der Waals surface area contributed by atoms with Crippen LogP contribution in [0.1, 0.15) is 54.0 Å². The molecule has 0 saturated heterocycles. The Morgan fingerprint density at radius 2 is 1.87 bits per heavy atom. The number of oxazole rings is 1. The van der Waals surface area contributed by atoms with E-state index in [-0.39, 0.29) is 18.0 Å². The number of hydrogen-bond acceptors (Lipinski definition) is 5. The normalized spacial score (nSPS) is 11.9. The Morgan fingerprint density at radius 1 is 1.13 bits per heavy atom. The van der Waals surface area contributed by atoms with Crippen molar-refractivity contribution in [3.8, 4) is 17.2 Å². The van der Waals surface area contributed by atoms with Gasteiger partial charge < -0.3 is 19.6 Å². The molecule has 1 atom stereocenters. The van der Waals surface area contributed by atoms with Gasteiger partial charge in [-0.15, -0.1) is 0 Å². The standard InChI is InChI=1S/C23H24N2O5/c1-14(2)21-20(25-23(30-21)15-8-5-4-6-9-15)22(28)24-18(13-19(26)27)16-10-7-11-17(12-16)29-3/h4-12,14,18H,13H2,1-3H3,(H,24,28)(H,26,27)/t18-/m0/s1. The molecule has 0 unspecified atom stereocenters. The summed E-state index contributed by atoms with van der Waals surface area (Å²) in [4.78, 5) is 28.9. The second-order valence-electron chi connectivity index (χ2n) is 7.15. The minimum absolute atomic E-state index is 0.0783. The lowest BCUT2D eigenvalue weighted by atomic mass is 10.0. The van der Waals surface area contributed by atoms with Crippen LogP contribution < -0.4 is 10.1 Å². The molecule has 30 heavy (non-hydrogen) atoms. The summed E-state index contributed by atoms with van der Waals surface area (Å²) >= 11 is 0. The van der Waals surface area contributed by atoms with Gasteiger partial charge in [0.25, 0.3) is 5.91 Å². The minimum Gasteiger partial charge on any atom is -0.497 e. The van der Waals surface area contributed by atoms with Gasteiger partial charge in [-0.25, -0.2) is 4.98 Å². The summed E-state index contributed by atoms with van der Waals surface area (Å²) in [5.74, 6) is -0.221. The lowest BCUT2D eigenvalue weighted by Gasteiger charge is -2.18. The Labute approximate surface area is 174 Å². The van der Waals surface area contributed by atoms with Crippen LogP contribution >= 0.6 is 0 Å². The van der Waals surface area contributed by atoms with E-state index in [0.717, 1.165) is 5.56 Å². The molecular weight excluding hydrogens is 384 g/mol. The third-order valence-corrected chi connectivity index (χ3v) is 4.59. The van der Waals surface area contributed by atoms with E-state index in [9.17, 15) is 14.7 Å². The molecule has 1 heterocycles. The Kier molecular flexibility index (Phi) is 6.51. The molecule has 1 amide bonds. The van der Waals surface area contributed by atoms with Crippen molar-refractivity contribution < 1.29 is 23.8 Å². The SMILES string of the molecule is COc1cccc([C@H](CC(=O)O)NC(=O)c2nc(-c3ccccc3)oc2C(C)C)c1. The van der Waals surface area contributed by atoms with E-state index in [0.29, 0.717) is 23.0 Å². The van der Waals surface area contributed by atoms with Gasteiger partial charge in [-0.1, -0.05) is 44.2 Å². The Morgan fingerprint density at radius 3 is 2.50 bits per heavy atom. The van der Waals surface area contributed by atoms with Crippen LogP contribution in [0.4, 0.5) is 0 Å². The lowest BCUT2D eigenvalue weighted by Crippen LogP contribution is -2.31. The molecule has 7 nitrogen and oxygen atoms in total. The van der Waals surface area contributed by atoms with Crippen molar-refractivity contribution in [3.05, 3.63) is 71.6 Å². The second-order valence-corrected chi connectivity index (χ2v) is 7.15. The Bertz CT molecular complexity index is 1030. The zero-order valence-corrected chi connectivity index (χ0v) is 17.1. The first-order valence-corrected chi connectivity index (χ1v) is 9.61. The molecule has 7 heteroatoms. The Balaban J connectivity index is 1.93. The van der Waals surface area contributed by atoms with Crippen molar-refractivity contribution in [2.45, 2.75) is 32.2 Å². The molecule has 0 aliphatic rings. The predicted molar refractivity (Wildman–Crippen MR) is 111 cm³/mol. The number of nitrogens with one attached hydrogen (secondary N) is 1. The number of benzene rings is 2. The van der Waals surface area contributed by atoms with Gasteiger partial charge in [0.05, 0.1) is 19.6 Å². The number of ether oxygens (including phenoxy) is 1. The average Bonchev–Trinajstić information content (AvgIpc) is 3.20. The molecule has 3 rings (SSSR count). The number of hydrogen-bond donors (Lipinski definition) is 2. The van der Waals surface area contributed by atoms with Gasteiger partial charge in [0.1, 0.15) is 11.5 Å². The van der Waals surface area contributed by atoms with Crippen LogP contribution in [0.25, 0.3) is 11.5 Å². The number of carboxylic acid groups (broad SMARTS) is 1. The first kappa shape index (κ1) is 21.1. The van der Waals surface area contributed by atoms with Crippen LogP contribution in [0.5, 0.6) is 5.75 Å². The molecule has 1 aromatic heterocycles. The molecule has 0 aliphatic heterocycles. The fraction of sp³-hybridized carbons (Fsp3) is 0.261. The summed E-state index contributed by atoms with van der Waals surface area (Å²) in [6.45, 7) is 3.81. The maximum atomic E-state index is 13.1.